The Morgan fingerprint density at radius 3 is 2.70 bits per heavy atom. The van der Waals surface area contributed by atoms with Crippen molar-refractivity contribution in [2.24, 2.45) is 0 Å². The van der Waals surface area contributed by atoms with E-state index in [0.29, 0.717) is 16.7 Å². The number of anilines is 1. The van der Waals surface area contributed by atoms with E-state index in [1.807, 2.05) is 0 Å². The zero-order valence-electron chi connectivity index (χ0n) is 10.8. The number of hydrogen-bond acceptors (Lipinski definition) is 4. The quantitative estimate of drug-likeness (QED) is 0.782. The largest absolute Gasteiger partial charge is 0.478 e. The topological polar surface area (TPSA) is 105 Å². The van der Waals surface area contributed by atoms with Gasteiger partial charge in [-0.2, -0.15) is 0 Å². The van der Waals surface area contributed by atoms with Crippen molar-refractivity contribution in [3.63, 3.8) is 0 Å². The maximum absolute atomic E-state index is 11.6. The molecule has 6 nitrogen and oxygen atoms in total. The molecule has 1 amide bonds. The van der Waals surface area contributed by atoms with Crippen LogP contribution in [0.4, 0.5) is 5.82 Å². The Labute approximate surface area is 115 Å². The van der Waals surface area contributed by atoms with E-state index in [9.17, 15) is 14.7 Å². The van der Waals surface area contributed by atoms with Crippen LogP contribution < -0.4 is 11.1 Å². The number of carboxylic acid groups (broad SMARTS) is 1. The van der Waals surface area contributed by atoms with Gasteiger partial charge in [0.25, 0.3) is 5.91 Å². The first-order chi connectivity index (χ1) is 9.52. The average molecular weight is 271 g/mol. The van der Waals surface area contributed by atoms with Gasteiger partial charge >= 0.3 is 5.97 Å². The van der Waals surface area contributed by atoms with Crippen molar-refractivity contribution in [2.45, 2.75) is 0 Å². The Morgan fingerprint density at radius 1 is 1.30 bits per heavy atom. The molecule has 0 aliphatic rings. The molecule has 0 aliphatic carbocycles. The number of carbonyl (C=O) groups excluding carboxylic acids is 1. The van der Waals surface area contributed by atoms with Crippen LogP contribution in [0.15, 0.2) is 36.5 Å². The number of amides is 1. The zero-order chi connectivity index (χ0) is 14.7. The molecule has 4 N–H and O–H groups in total. The lowest BCUT2D eigenvalue weighted by Gasteiger charge is -2.08. The minimum atomic E-state index is -1.10. The summed E-state index contributed by atoms with van der Waals surface area (Å²) in [4.78, 5) is 26.8. The van der Waals surface area contributed by atoms with Gasteiger partial charge in [0.15, 0.2) is 0 Å². The smallest absolute Gasteiger partial charge is 0.336 e. The van der Waals surface area contributed by atoms with Crippen LogP contribution >= 0.6 is 0 Å². The molecule has 0 aliphatic heterocycles. The van der Waals surface area contributed by atoms with E-state index in [-0.39, 0.29) is 17.3 Å². The monoisotopic (exact) mass is 271 g/mol. The number of aromatic nitrogens is 1. The van der Waals surface area contributed by atoms with Crippen molar-refractivity contribution >= 4 is 17.7 Å². The van der Waals surface area contributed by atoms with Gasteiger partial charge in [-0.3, -0.25) is 4.79 Å². The fraction of sp³-hybridized carbons (Fsp3) is 0.0714. The molecule has 0 bridgehead atoms. The van der Waals surface area contributed by atoms with Gasteiger partial charge in [0.2, 0.25) is 0 Å². The summed E-state index contributed by atoms with van der Waals surface area (Å²) in [6.07, 6.45) is 1.39. The van der Waals surface area contributed by atoms with Crippen LogP contribution in [0.25, 0.3) is 11.1 Å². The molecule has 0 radical (unpaired) electrons. The third-order valence-electron chi connectivity index (χ3n) is 2.82. The van der Waals surface area contributed by atoms with E-state index in [2.05, 4.69) is 10.3 Å². The second-order valence-electron chi connectivity index (χ2n) is 4.12. The molecule has 6 heteroatoms. The first kappa shape index (κ1) is 13.5. The predicted molar refractivity (Wildman–Crippen MR) is 74.4 cm³/mol. The Kier molecular flexibility index (Phi) is 3.65. The van der Waals surface area contributed by atoms with Gasteiger partial charge in [0.1, 0.15) is 5.82 Å². The lowest BCUT2D eigenvalue weighted by atomic mass is 10.00. The highest BCUT2D eigenvalue weighted by atomic mass is 16.4. The molecule has 0 saturated carbocycles. The Morgan fingerprint density at radius 2 is 2.05 bits per heavy atom. The summed E-state index contributed by atoms with van der Waals surface area (Å²) in [5.74, 6) is -1.21. The van der Waals surface area contributed by atoms with Crippen molar-refractivity contribution < 1.29 is 14.7 Å². The van der Waals surface area contributed by atoms with Gasteiger partial charge in [0.05, 0.1) is 5.56 Å². The summed E-state index contributed by atoms with van der Waals surface area (Å²) in [6.45, 7) is 0. The molecular weight excluding hydrogens is 258 g/mol. The van der Waals surface area contributed by atoms with E-state index in [4.69, 9.17) is 5.73 Å². The molecular formula is C14H13N3O3. The minimum Gasteiger partial charge on any atom is -0.478 e. The minimum absolute atomic E-state index is 0.0477. The third kappa shape index (κ3) is 2.59. The number of carbonyl (C=O) groups is 2. The van der Waals surface area contributed by atoms with Crippen molar-refractivity contribution in [1.29, 1.82) is 0 Å². The van der Waals surface area contributed by atoms with E-state index in [0.717, 1.165) is 0 Å². The number of nitrogens with one attached hydrogen (secondary N) is 1. The number of nitrogen functional groups attached to an aromatic ring is 1. The van der Waals surface area contributed by atoms with Gasteiger partial charge in [0, 0.05) is 24.4 Å². The normalized spacial score (nSPS) is 10.1. The second-order valence-corrected chi connectivity index (χ2v) is 4.12. The van der Waals surface area contributed by atoms with E-state index >= 15 is 0 Å². The molecule has 20 heavy (non-hydrogen) atoms. The van der Waals surface area contributed by atoms with Crippen LogP contribution in [0.5, 0.6) is 0 Å². The number of pyridine rings is 1. The summed E-state index contributed by atoms with van der Waals surface area (Å²) in [6, 6.07) is 7.95. The van der Waals surface area contributed by atoms with Gasteiger partial charge in [-0.05, 0) is 23.8 Å². The lowest BCUT2D eigenvalue weighted by molar-refractivity contribution is 0.0697. The van der Waals surface area contributed by atoms with Crippen molar-refractivity contribution in [1.82, 2.24) is 10.3 Å². The first-order valence-corrected chi connectivity index (χ1v) is 5.84. The van der Waals surface area contributed by atoms with Crippen LogP contribution in [0.3, 0.4) is 0 Å². The van der Waals surface area contributed by atoms with Gasteiger partial charge < -0.3 is 16.2 Å². The summed E-state index contributed by atoms with van der Waals surface area (Å²) >= 11 is 0. The van der Waals surface area contributed by atoms with Crippen LogP contribution in [-0.4, -0.2) is 29.0 Å². The van der Waals surface area contributed by atoms with E-state index < -0.39 is 5.97 Å². The van der Waals surface area contributed by atoms with Gasteiger partial charge in [-0.15, -0.1) is 0 Å². The molecule has 0 fully saturated rings. The Hall–Kier alpha value is -2.89. The number of nitrogens with zero attached hydrogens (tertiary/aromatic N) is 1. The molecule has 2 rings (SSSR count). The molecule has 1 aromatic heterocycles. The maximum Gasteiger partial charge on any atom is 0.336 e. The second kappa shape index (κ2) is 5.40. The van der Waals surface area contributed by atoms with E-state index in [1.165, 1.54) is 19.3 Å². The standard InChI is InChI=1S/C14H13N3O3/c1-16-13(18)9-4-2-3-8(5-9)11-7-17-12(15)6-10(11)14(19)20/h2-7H,1H3,(H2,15,17)(H,16,18)(H,19,20). The van der Waals surface area contributed by atoms with E-state index in [1.54, 1.807) is 24.3 Å². The molecule has 0 saturated heterocycles. The van der Waals surface area contributed by atoms with Crippen molar-refractivity contribution in [2.75, 3.05) is 12.8 Å². The fourth-order valence-electron chi connectivity index (χ4n) is 1.85. The lowest BCUT2D eigenvalue weighted by Crippen LogP contribution is -2.17. The summed E-state index contributed by atoms with van der Waals surface area (Å²) in [7, 11) is 1.53. The fourth-order valence-corrected chi connectivity index (χ4v) is 1.85. The predicted octanol–water partition coefficient (Wildman–Crippen LogP) is 1.39. The average Bonchev–Trinajstić information content (AvgIpc) is 2.46. The highest BCUT2D eigenvalue weighted by Crippen LogP contribution is 2.25. The highest BCUT2D eigenvalue weighted by molar-refractivity contribution is 5.99. The van der Waals surface area contributed by atoms with Crippen LogP contribution in [0.1, 0.15) is 20.7 Å². The Bertz CT molecular complexity index is 683. The summed E-state index contributed by atoms with van der Waals surface area (Å²) < 4.78 is 0. The number of nitrogens with two attached hydrogens (primary N) is 1. The van der Waals surface area contributed by atoms with Gasteiger partial charge in [-0.25, -0.2) is 9.78 Å². The SMILES string of the molecule is CNC(=O)c1cccc(-c2cnc(N)cc2C(=O)O)c1. The number of carboxylic acids is 1. The molecule has 2 aromatic rings. The Balaban J connectivity index is 2.57. The number of aromatic carboxylic acids is 1. The molecule has 1 heterocycles. The number of hydrogen-bond donors (Lipinski definition) is 3. The maximum atomic E-state index is 11.6. The highest BCUT2D eigenvalue weighted by Gasteiger charge is 2.14. The van der Waals surface area contributed by atoms with Crippen molar-refractivity contribution in [3.8, 4) is 11.1 Å². The molecule has 1 aromatic carbocycles. The molecule has 102 valence electrons. The molecule has 0 spiro atoms. The van der Waals surface area contributed by atoms with Crippen LogP contribution in [-0.2, 0) is 0 Å². The third-order valence-corrected chi connectivity index (χ3v) is 2.82. The number of benzene rings is 1. The van der Waals surface area contributed by atoms with Crippen LogP contribution in [0.2, 0.25) is 0 Å². The van der Waals surface area contributed by atoms with Crippen LogP contribution in [0, 0.1) is 0 Å². The summed E-state index contributed by atoms with van der Waals surface area (Å²) in [5.41, 5.74) is 7.00. The molecule has 0 unspecified atom stereocenters. The number of rotatable bonds is 3. The summed E-state index contributed by atoms with van der Waals surface area (Å²) in [5, 5.41) is 11.7. The van der Waals surface area contributed by atoms with Gasteiger partial charge in [-0.1, -0.05) is 12.1 Å². The zero-order valence-corrected chi connectivity index (χ0v) is 10.8. The first-order valence-electron chi connectivity index (χ1n) is 5.84. The van der Waals surface area contributed by atoms with Crippen molar-refractivity contribution in [3.05, 3.63) is 47.7 Å². The molecule has 0 atom stereocenters.